The summed E-state index contributed by atoms with van der Waals surface area (Å²) in [6, 6.07) is 36.0. The summed E-state index contributed by atoms with van der Waals surface area (Å²) in [7, 11) is 0. The summed E-state index contributed by atoms with van der Waals surface area (Å²) in [6.45, 7) is 0.768. The van der Waals surface area contributed by atoms with Crippen molar-refractivity contribution < 1.29 is 9.53 Å². The Kier molecular flexibility index (Phi) is 5.18. The van der Waals surface area contributed by atoms with Gasteiger partial charge in [0.25, 0.3) is 0 Å². The quantitative estimate of drug-likeness (QED) is 0.217. The van der Waals surface area contributed by atoms with Crippen LogP contribution in [0.15, 0.2) is 109 Å². The molecule has 7 heteroatoms. The second-order valence-corrected chi connectivity index (χ2v) is 10.7. The zero-order valence-corrected chi connectivity index (χ0v) is 22.1. The first-order chi connectivity index (χ1) is 19.8. The highest BCUT2D eigenvalue weighted by molar-refractivity contribution is 7.12. The highest BCUT2D eigenvalue weighted by Gasteiger charge is 2.25. The maximum Gasteiger partial charge on any atom is 0.349 e. The van der Waals surface area contributed by atoms with E-state index in [0.717, 1.165) is 33.8 Å². The van der Waals surface area contributed by atoms with E-state index < -0.39 is 0 Å². The normalized spacial score (nSPS) is 13.1. The largest absolute Gasteiger partial charge is 0.460 e. The Labute approximate surface area is 233 Å². The van der Waals surface area contributed by atoms with Gasteiger partial charge in [-0.05, 0) is 59.0 Å². The first-order valence-electron chi connectivity index (χ1n) is 13.1. The lowest BCUT2D eigenvalue weighted by Crippen LogP contribution is -2.16. The number of esters is 1. The minimum Gasteiger partial charge on any atom is -0.460 e. The summed E-state index contributed by atoms with van der Waals surface area (Å²) in [5, 5.41) is 13.4. The van der Waals surface area contributed by atoms with Gasteiger partial charge in [-0.25, -0.2) is 4.79 Å². The molecule has 8 rings (SSSR count). The van der Waals surface area contributed by atoms with Gasteiger partial charge in [-0.15, -0.1) is 21.5 Å². The number of carbonyl (C=O) groups excluding carboxylic acids is 1. The van der Waals surface area contributed by atoms with E-state index in [4.69, 9.17) is 4.74 Å². The van der Waals surface area contributed by atoms with Gasteiger partial charge < -0.3 is 13.9 Å². The molecule has 192 valence electrons. The van der Waals surface area contributed by atoms with Gasteiger partial charge >= 0.3 is 5.97 Å². The van der Waals surface area contributed by atoms with E-state index in [2.05, 4.69) is 106 Å². The molecule has 4 aromatic carbocycles. The monoisotopic (exact) mass is 538 g/mol. The number of aromatic nitrogens is 4. The summed E-state index contributed by atoms with van der Waals surface area (Å²) in [6.07, 6.45) is 0. The Morgan fingerprint density at radius 1 is 0.700 bits per heavy atom. The minimum absolute atomic E-state index is 0.274. The third-order valence-corrected chi connectivity index (χ3v) is 8.43. The fraction of sp³-hybridized carbons (Fsp3) is 0.0606. The minimum atomic E-state index is -0.299. The molecule has 0 saturated carbocycles. The van der Waals surface area contributed by atoms with Gasteiger partial charge in [-0.1, -0.05) is 60.7 Å². The van der Waals surface area contributed by atoms with E-state index in [1.54, 1.807) is 0 Å². The maximum atomic E-state index is 12.4. The summed E-state index contributed by atoms with van der Waals surface area (Å²) < 4.78 is 9.85. The fourth-order valence-corrected chi connectivity index (χ4v) is 6.49. The summed E-state index contributed by atoms with van der Waals surface area (Å²) in [4.78, 5) is 13.0. The molecular formula is C33H22N4O2S. The van der Waals surface area contributed by atoms with E-state index in [0.29, 0.717) is 17.2 Å². The van der Waals surface area contributed by atoms with Crippen LogP contribution in [0.2, 0.25) is 0 Å². The van der Waals surface area contributed by atoms with Gasteiger partial charge in [-0.3, -0.25) is 0 Å². The number of thiophene rings is 1. The second-order valence-electron chi connectivity index (χ2n) is 9.80. The lowest BCUT2D eigenvalue weighted by Gasteiger charge is -2.14. The summed E-state index contributed by atoms with van der Waals surface area (Å²) in [5.41, 5.74) is 7.47. The molecule has 0 bridgehead atoms. The number of hydrogen-bond donors (Lipinski definition) is 0. The molecule has 0 aliphatic carbocycles. The van der Waals surface area contributed by atoms with E-state index in [-0.39, 0.29) is 12.6 Å². The highest BCUT2D eigenvalue weighted by Crippen LogP contribution is 2.36. The molecule has 0 radical (unpaired) electrons. The Balaban J connectivity index is 1.25. The zero-order valence-electron chi connectivity index (χ0n) is 21.3. The van der Waals surface area contributed by atoms with Gasteiger partial charge in [0.15, 0.2) is 11.6 Å². The van der Waals surface area contributed by atoms with Crippen molar-refractivity contribution in [1.29, 1.82) is 0 Å². The fourth-order valence-electron chi connectivity index (χ4n) is 5.71. The van der Waals surface area contributed by atoms with Gasteiger partial charge in [0.2, 0.25) is 0 Å². The highest BCUT2D eigenvalue weighted by atomic mass is 32.1. The number of carbonyl (C=O) groups is 1. The van der Waals surface area contributed by atoms with Gasteiger partial charge in [0, 0.05) is 27.6 Å². The zero-order chi connectivity index (χ0) is 26.6. The Morgan fingerprint density at radius 2 is 1.48 bits per heavy atom. The molecule has 0 N–H and O–H groups in total. The maximum absolute atomic E-state index is 12.4. The van der Waals surface area contributed by atoms with Crippen molar-refractivity contribution in [3.05, 3.63) is 113 Å². The van der Waals surface area contributed by atoms with Crippen molar-refractivity contribution in [2.24, 2.45) is 0 Å². The van der Waals surface area contributed by atoms with Crippen molar-refractivity contribution in [1.82, 2.24) is 19.3 Å². The van der Waals surface area contributed by atoms with Crippen LogP contribution in [0.25, 0.3) is 61.4 Å². The molecule has 0 fully saturated rings. The number of cyclic esters (lactones) is 1. The average molecular weight is 539 g/mol. The van der Waals surface area contributed by atoms with Crippen molar-refractivity contribution in [2.45, 2.75) is 6.54 Å². The van der Waals surface area contributed by atoms with Crippen LogP contribution in [0, 0.1) is 0 Å². The van der Waals surface area contributed by atoms with E-state index in [1.807, 2.05) is 22.1 Å². The van der Waals surface area contributed by atoms with Gasteiger partial charge in [0.1, 0.15) is 11.5 Å². The summed E-state index contributed by atoms with van der Waals surface area (Å²) >= 11 is 1.37. The first-order valence-corrected chi connectivity index (χ1v) is 14.0. The molecular weight excluding hydrogens is 516 g/mol. The number of ether oxygens (including phenoxy) is 1. The third kappa shape index (κ3) is 3.52. The van der Waals surface area contributed by atoms with E-state index in [9.17, 15) is 4.79 Å². The molecule has 6 nitrogen and oxygen atoms in total. The van der Waals surface area contributed by atoms with Crippen LogP contribution < -0.4 is 0 Å². The average Bonchev–Trinajstić information content (AvgIpc) is 3.72. The number of benzene rings is 4. The van der Waals surface area contributed by atoms with Crippen molar-refractivity contribution in [2.75, 3.05) is 6.61 Å². The van der Waals surface area contributed by atoms with Crippen LogP contribution in [-0.4, -0.2) is 31.9 Å². The van der Waals surface area contributed by atoms with Crippen molar-refractivity contribution in [3.63, 3.8) is 0 Å². The lowest BCUT2D eigenvalue weighted by atomic mass is 10.0. The molecule has 3 aromatic heterocycles. The Morgan fingerprint density at radius 3 is 2.40 bits per heavy atom. The molecule has 0 spiro atoms. The van der Waals surface area contributed by atoms with Gasteiger partial charge in [-0.2, -0.15) is 0 Å². The smallest absolute Gasteiger partial charge is 0.349 e. The molecule has 0 atom stereocenters. The molecule has 4 heterocycles. The van der Waals surface area contributed by atoms with Crippen LogP contribution in [0.4, 0.5) is 0 Å². The Bertz CT molecular complexity index is 2070. The molecule has 7 aromatic rings. The third-order valence-electron chi connectivity index (χ3n) is 7.53. The van der Waals surface area contributed by atoms with Crippen LogP contribution in [0.1, 0.15) is 9.67 Å². The van der Waals surface area contributed by atoms with Crippen LogP contribution in [0.3, 0.4) is 0 Å². The predicted molar refractivity (Wildman–Crippen MR) is 159 cm³/mol. The summed E-state index contributed by atoms with van der Waals surface area (Å²) in [5.74, 6) is 1.16. The molecule has 0 unspecified atom stereocenters. The number of rotatable bonds is 3. The van der Waals surface area contributed by atoms with Gasteiger partial charge in [0.05, 0.1) is 17.6 Å². The number of nitrogens with zero attached hydrogens (tertiary/aromatic N) is 4. The topological polar surface area (TPSA) is 61.9 Å². The van der Waals surface area contributed by atoms with Crippen LogP contribution >= 0.6 is 11.3 Å². The van der Waals surface area contributed by atoms with Crippen molar-refractivity contribution >= 4 is 39.1 Å². The second kappa shape index (κ2) is 9.03. The first kappa shape index (κ1) is 22.9. The SMILES string of the molecule is O=C1OCCn2c(-c3cccc(-c4ccc5c(c4)c4ccccc4n5-c4ccccc4)c3)nnc2-c2ccsc21. The van der Waals surface area contributed by atoms with E-state index in [1.165, 1.54) is 33.1 Å². The molecule has 1 aliphatic heterocycles. The van der Waals surface area contributed by atoms with E-state index >= 15 is 0 Å². The van der Waals surface area contributed by atoms with Crippen LogP contribution in [0.5, 0.6) is 0 Å². The molecule has 40 heavy (non-hydrogen) atoms. The number of fused-ring (bicyclic) bond motifs is 6. The molecule has 0 saturated heterocycles. The van der Waals surface area contributed by atoms with Crippen molar-refractivity contribution in [3.8, 4) is 39.6 Å². The van der Waals surface area contributed by atoms with Crippen LogP contribution in [-0.2, 0) is 11.3 Å². The number of para-hydroxylation sites is 2. The number of hydrogen-bond acceptors (Lipinski definition) is 5. The lowest BCUT2D eigenvalue weighted by molar-refractivity contribution is 0.0494. The predicted octanol–water partition coefficient (Wildman–Crippen LogP) is 7.61. The Hall–Kier alpha value is -5.01. The standard InChI is InChI=1S/C33H22N4O2S/c38-33-30-26(15-18-40-30)32-35-34-31(36(32)16-17-39-33)23-8-6-7-21(19-23)22-13-14-29-27(20-22)25-11-4-5-12-28(25)37(29)24-9-2-1-3-10-24/h1-15,18-20H,16-17H2. The molecule has 1 aliphatic rings. The molecule has 0 amide bonds.